The lowest BCUT2D eigenvalue weighted by Gasteiger charge is -2.23. The standard InChI is InChI=1S/C11H16N2/c1-9-4-3-7-13(9)11-6-2-5-10(12)8-11/h2,5-6,8-9H,3-4,7,12H2,1H3. The van der Waals surface area contributed by atoms with Crippen molar-refractivity contribution in [2.24, 2.45) is 0 Å². The van der Waals surface area contributed by atoms with Crippen molar-refractivity contribution in [2.75, 3.05) is 17.2 Å². The Morgan fingerprint density at radius 1 is 1.46 bits per heavy atom. The summed E-state index contributed by atoms with van der Waals surface area (Å²) in [5.41, 5.74) is 7.87. The van der Waals surface area contributed by atoms with Gasteiger partial charge in [-0.3, -0.25) is 0 Å². The van der Waals surface area contributed by atoms with Crippen molar-refractivity contribution >= 4 is 11.4 Å². The molecule has 1 heterocycles. The summed E-state index contributed by atoms with van der Waals surface area (Å²) in [6.45, 7) is 3.45. The predicted molar refractivity (Wildman–Crippen MR) is 56.9 cm³/mol. The van der Waals surface area contributed by atoms with E-state index in [9.17, 15) is 0 Å². The van der Waals surface area contributed by atoms with E-state index in [2.05, 4.69) is 24.0 Å². The molecular formula is C11H16N2. The van der Waals surface area contributed by atoms with Gasteiger partial charge in [-0.05, 0) is 38.0 Å². The van der Waals surface area contributed by atoms with E-state index in [4.69, 9.17) is 5.73 Å². The summed E-state index contributed by atoms with van der Waals surface area (Å²) in [4.78, 5) is 2.43. The van der Waals surface area contributed by atoms with Gasteiger partial charge in [0.15, 0.2) is 0 Å². The zero-order valence-corrected chi connectivity index (χ0v) is 8.03. The van der Waals surface area contributed by atoms with Crippen LogP contribution in [0.5, 0.6) is 0 Å². The summed E-state index contributed by atoms with van der Waals surface area (Å²) < 4.78 is 0. The minimum absolute atomic E-state index is 0.668. The average molecular weight is 176 g/mol. The van der Waals surface area contributed by atoms with Crippen molar-refractivity contribution in [1.82, 2.24) is 0 Å². The summed E-state index contributed by atoms with van der Waals surface area (Å²) >= 11 is 0. The van der Waals surface area contributed by atoms with E-state index in [-0.39, 0.29) is 0 Å². The molecule has 0 saturated carbocycles. The zero-order chi connectivity index (χ0) is 9.26. The van der Waals surface area contributed by atoms with E-state index in [0.717, 1.165) is 5.69 Å². The predicted octanol–water partition coefficient (Wildman–Crippen LogP) is 2.26. The molecule has 1 aliphatic heterocycles. The molecule has 0 aromatic heterocycles. The van der Waals surface area contributed by atoms with E-state index in [1.807, 2.05) is 12.1 Å². The molecule has 1 unspecified atom stereocenters. The molecule has 1 fully saturated rings. The third-order valence-electron chi connectivity index (χ3n) is 2.75. The molecule has 1 aromatic rings. The molecule has 0 amide bonds. The Labute approximate surface area is 79.4 Å². The molecule has 2 nitrogen and oxygen atoms in total. The lowest BCUT2D eigenvalue weighted by atomic mass is 10.2. The first-order valence-corrected chi connectivity index (χ1v) is 4.89. The number of hydrogen-bond acceptors (Lipinski definition) is 2. The minimum atomic E-state index is 0.668. The van der Waals surface area contributed by atoms with E-state index >= 15 is 0 Å². The Morgan fingerprint density at radius 3 is 2.92 bits per heavy atom. The Hall–Kier alpha value is -1.18. The maximum absolute atomic E-state index is 5.74. The zero-order valence-electron chi connectivity index (χ0n) is 8.03. The van der Waals surface area contributed by atoms with Crippen LogP contribution in [-0.2, 0) is 0 Å². The summed E-state index contributed by atoms with van der Waals surface area (Å²) in [7, 11) is 0. The van der Waals surface area contributed by atoms with Crippen molar-refractivity contribution in [3.05, 3.63) is 24.3 Å². The monoisotopic (exact) mass is 176 g/mol. The SMILES string of the molecule is CC1CCCN1c1cccc(N)c1. The highest BCUT2D eigenvalue weighted by Crippen LogP contribution is 2.26. The minimum Gasteiger partial charge on any atom is -0.399 e. The van der Waals surface area contributed by atoms with Gasteiger partial charge in [0, 0.05) is 24.0 Å². The highest BCUT2D eigenvalue weighted by Gasteiger charge is 2.19. The summed E-state index contributed by atoms with van der Waals surface area (Å²) in [5, 5.41) is 0. The largest absolute Gasteiger partial charge is 0.399 e. The third-order valence-corrected chi connectivity index (χ3v) is 2.75. The molecule has 0 bridgehead atoms. The van der Waals surface area contributed by atoms with Gasteiger partial charge in [0.1, 0.15) is 0 Å². The molecule has 0 radical (unpaired) electrons. The molecule has 2 rings (SSSR count). The van der Waals surface area contributed by atoms with E-state index in [1.54, 1.807) is 0 Å². The van der Waals surface area contributed by atoms with Gasteiger partial charge in [-0.15, -0.1) is 0 Å². The van der Waals surface area contributed by atoms with Crippen LogP contribution in [0.4, 0.5) is 11.4 Å². The van der Waals surface area contributed by atoms with Crippen molar-refractivity contribution in [3.8, 4) is 0 Å². The molecule has 0 aliphatic carbocycles. The summed E-state index contributed by atoms with van der Waals surface area (Å²) in [6.07, 6.45) is 2.60. The Balaban J connectivity index is 2.24. The normalized spacial score (nSPS) is 22.2. The highest BCUT2D eigenvalue weighted by atomic mass is 15.2. The number of nitrogens with zero attached hydrogens (tertiary/aromatic N) is 1. The van der Waals surface area contributed by atoms with Crippen LogP contribution in [0.1, 0.15) is 19.8 Å². The molecular weight excluding hydrogens is 160 g/mol. The summed E-state index contributed by atoms with van der Waals surface area (Å²) in [5.74, 6) is 0. The fourth-order valence-electron chi connectivity index (χ4n) is 2.02. The Bertz CT molecular complexity index is 296. The molecule has 2 heteroatoms. The van der Waals surface area contributed by atoms with Gasteiger partial charge in [-0.1, -0.05) is 6.07 Å². The average Bonchev–Trinajstić information content (AvgIpc) is 2.51. The maximum atomic E-state index is 5.74. The molecule has 1 aromatic carbocycles. The number of rotatable bonds is 1. The Morgan fingerprint density at radius 2 is 2.31 bits per heavy atom. The van der Waals surface area contributed by atoms with E-state index < -0.39 is 0 Å². The van der Waals surface area contributed by atoms with Crippen LogP contribution < -0.4 is 10.6 Å². The Kier molecular flexibility index (Phi) is 2.13. The fraction of sp³-hybridized carbons (Fsp3) is 0.455. The first kappa shape index (κ1) is 8.42. The first-order chi connectivity index (χ1) is 6.27. The second-order valence-electron chi connectivity index (χ2n) is 3.78. The molecule has 0 spiro atoms. The van der Waals surface area contributed by atoms with Crippen molar-refractivity contribution < 1.29 is 0 Å². The topological polar surface area (TPSA) is 29.3 Å². The van der Waals surface area contributed by atoms with Crippen LogP contribution in [0.25, 0.3) is 0 Å². The van der Waals surface area contributed by atoms with Crippen LogP contribution >= 0.6 is 0 Å². The second kappa shape index (κ2) is 3.29. The van der Waals surface area contributed by atoms with E-state index in [1.165, 1.54) is 25.1 Å². The van der Waals surface area contributed by atoms with Crippen LogP contribution in [0.2, 0.25) is 0 Å². The molecule has 70 valence electrons. The molecule has 13 heavy (non-hydrogen) atoms. The van der Waals surface area contributed by atoms with Crippen molar-refractivity contribution in [3.63, 3.8) is 0 Å². The van der Waals surface area contributed by atoms with Gasteiger partial charge in [-0.2, -0.15) is 0 Å². The van der Waals surface area contributed by atoms with Crippen LogP contribution in [0, 0.1) is 0 Å². The lowest BCUT2D eigenvalue weighted by molar-refractivity contribution is 0.735. The molecule has 1 aliphatic rings. The van der Waals surface area contributed by atoms with Crippen molar-refractivity contribution in [2.45, 2.75) is 25.8 Å². The molecule has 1 atom stereocenters. The van der Waals surface area contributed by atoms with Gasteiger partial charge in [0.05, 0.1) is 0 Å². The smallest absolute Gasteiger partial charge is 0.0389 e. The van der Waals surface area contributed by atoms with Gasteiger partial charge < -0.3 is 10.6 Å². The number of hydrogen-bond donors (Lipinski definition) is 1. The first-order valence-electron chi connectivity index (χ1n) is 4.89. The van der Waals surface area contributed by atoms with Crippen LogP contribution in [0.15, 0.2) is 24.3 Å². The molecule has 1 saturated heterocycles. The fourth-order valence-corrected chi connectivity index (χ4v) is 2.02. The van der Waals surface area contributed by atoms with Crippen LogP contribution in [-0.4, -0.2) is 12.6 Å². The molecule has 2 N–H and O–H groups in total. The van der Waals surface area contributed by atoms with Crippen molar-refractivity contribution in [1.29, 1.82) is 0 Å². The van der Waals surface area contributed by atoms with Crippen LogP contribution in [0.3, 0.4) is 0 Å². The third kappa shape index (κ3) is 1.62. The summed E-state index contributed by atoms with van der Waals surface area (Å²) in [6, 6.07) is 8.82. The number of nitrogen functional groups attached to an aromatic ring is 1. The van der Waals surface area contributed by atoms with Gasteiger partial charge in [0.25, 0.3) is 0 Å². The lowest BCUT2D eigenvalue weighted by Crippen LogP contribution is -2.26. The van der Waals surface area contributed by atoms with Gasteiger partial charge in [-0.25, -0.2) is 0 Å². The maximum Gasteiger partial charge on any atom is 0.0389 e. The van der Waals surface area contributed by atoms with Gasteiger partial charge in [0.2, 0.25) is 0 Å². The number of anilines is 2. The quantitative estimate of drug-likeness (QED) is 0.665. The highest BCUT2D eigenvalue weighted by molar-refractivity contribution is 5.56. The van der Waals surface area contributed by atoms with Gasteiger partial charge >= 0.3 is 0 Å². The number of benzene rings is 1. The number of nitrogens with two attached hydrogens (primary N) is 1. The van der Waals surface area contributed by atoms with E-state index in [0.29, 0.717) is 6.04 Å². The second-order valence-corrected chi connectivity index (χ2v) is 3.78.